The van der Waals surface area contributed by atoms with Gasteiger partial charge < -0.3 is 9.73 Å². The minimum atomic E-state index is 0. The zero-order valence-electron chi connectivity index (χ0n) is 12.6. The summed E-state index contributed by atoms with van der Waals surface area (Å²) in [6.45, 7) is 6.05. The Balaban J connectivity index is 0.00000220. The molecule has 2 rings (SSSR count). The molecule has 0 fully saturated rings. The lowest BCUT2D eigenvalue weighted by Crippen LogP contribution is -2.13. The molecule has 0 saturated heterocycles. The van der Waals surface area contributed by atoms with E-state index in [0.717, 1.165) is 40.8 Å². The molecule has 2 aromatic rings. The van der Waals surface area contributed by atoms with E-state index >= 15 is 0 Å². The average Bonchev–Trinajstić information content (AvgIpc) is 2.90. The zero-order valence-corrected chi connectivity index (χ0v) is 14.2. The number of furan rings is 1. The summed E-state index contributed by atoms with van der Waals surface area (Å²) in [5.74, 6) is 1.85. The Hall–Kier alpha value is -0.960. The van der Waals surface area contributed by atoms with Crippen molar-refractivity contribution in [1.29, 1.82) is 0 Å². The zero-order chi connectivity index (χ0) is 14.4. The first-order valence-electron chi connectivity index (χ1n) is 7.27. The molecule has 0 saturated carbocycles. The first-order chi connectivity index (χ1) is 9.72. The van der Waals surface area contributed by atoms with Crippen LogP contribution in [0.5, 0.6) is 0 Å². The molecule has 2 nitrogen and oxygen atoms in total. The van der Waals surface area contributed by atoms with E-state index in [-0.39, 0.29) is 12.4 Å². The van der Waals surface area contributed by atoms with Crippen LogP contribution in [0.4, 0.5) is 0 Å². The maximum atomic E-state index is 6.15. The number of rotatable bonds is 7. The van der Waals surface area contributed by atoms with Gasteiger partial charge >= 0.3 is 0 Å². The lowest BCUT2D eigenvalue weighted by Gasteiger charge is -2.05. The molecule has 0 atom stereocenters. The van der Waals surface area contributed by atoms with Crippen LogP contribution < -0.4 is 5.32 Å². The number of unbranched alkanes of at least 4 members (excludes halogenated alkanes) is 2. The van der Waals surface area contributed by atoms with Gasteiger partial charge in [-0.1, -0.05) is 43.5 Å². The smallest absolute Gasteiger partial charge is 0.134 e. The van der Waals surface area contributed by atoms with Crippen LogP contribution in [0.25, 0.3) is 11.3 Å². The Morgan fingerprint density at radius 3 is 2.71 bits per heavy atom. The molecule has 0 aliphatic rings. The van der Waals surface area contributed by atoms with E-state index in [9.17, 15) is 0 Å². The van der Waals surface area contributed by atoms with E-state index in [2.05, 4.69) is 12.2 Å². The van der Waals surface area contributed by atoms with Gasteiger partial charge in [0.15, 0.2) is 0 Å². The summed E-state index contributed by atoms with van der Waals surface area (Å²) in [5, 5.41) is 4.18. The maximum Gasteiger partial charge on any atom is 0.134 e. The molecule has 0 radical (unpaired) electrons. The molecule has 0 aliphatic carbocycles. The van der Waals surface area contributed by atoms with Crippen LogP contribution in [0.2, 0.25) is 5.02 Å². The van der Waals surface area contributed by atoms with E-state index in [1.165, 1.54) is 19.3 Å². The topological polar surface area (TPSA) is 25.2 Å². The van der Waals surface area contributed by atoms with E-state index in [1.54, 1.807) is 0 Å². The van der Waals surface area contributed by atoms with Gasteiger partial charge in [-0.25, -0.2) is 0 Å². The van der Waals surface area contributed by atoms with Crippen LogP contribution in [0.3, 0.4) is 0 Å². The second-order valence-corrected chi connectivity index (χ2v) is 5.47. The van der Waals surface area contributed by atoms with Gasteiger partial charge in [-0.3, -0.25) is 0 Å². The molecular formula is C17H23Cl2NO. The average molecular weight is 328 g/mol. The van der Waals surface area contributed by atoms with Crippen molar-refractivity contribution in [1.82, 2.24) is 5.32 Å². The quantitative estimate of drug-likeness (QED) is 0.668. The minimum Gasteiger partial charge on any atom is -0.460 e. The predicted octanol–water partition coefficient (Wildman–Crippen LogP) is 5.61. The highest BCUT2D eigenvalue weighted by molar-refractivity contribution is 6.31. The van der Waals surface area contributed by atoms with Gasteiger partial charge in [-0.2, -0.15) is 0 Å². The van der Waals surface area contributed by atoms with Gasteiger partial charge in [-0.05, 0) is 43.7 Å². The molecule has 1 heterocycles. The third-order valence-corrected chi connectivity index (χ3v) is 3.86. The van der Waals surface area contributed by atoms with Crippen molar-refractivity contribution in [2.24, 2.45) is 0 Å². The lowest BCUT2D eigenvalue weighted by molar-refractivity contribution is 0.488. The lowest BCUT2D eigenvalue weighted by atomic mass is 10.1. The summed E-state index contributed by atoms with van der Waals surface area (Å²) < 4.78 is 5.89. The summed E-state index contributed by atoms with van der Waals surface area (Å²) in [7, 11) is 0. The number of nitrogens with one attached hydrogen (secondary N) is 1. The fourth-order valence-electron chi connectivity index (χ4n) is 2.20. The Kier molecular flexibility index (Phi) is 7.87. The number of halogens is 2. The molecular weight excluding hydrogens is 305 g/mol. The summed E-state index contributed by atoms with van der Waals surface area (Å²) in [6, 6.07) is 9.94. The third-order valence-electron chi connectivity index (χ3n) is 3.45. The van der Waals surface area contributed by atoms with Crippen molar-refractivity contribution in [3.63, 3.8) is 0 Å². The largest absolute Gasteiger partial charge is 0.460 e. The van der Waals surface area contributed by atoms with E-state index < -0.39 is 0 Å². The molecule has 1 N–H and O–H groups in total. The van der Waals surface area contributed by atoms with Crippen LogP contribution in [0, 0.1) is 6.92 Å². The third kappa shape index (κ3) is 5.06. The van der Waals surface area contributed by atoms with Crippen molar-refractivity contribution >= 4 is 24.0 Å². The van der Waals surface area contributed by atoms with Gasteiger partial charge in [0.05, 0.1) is 6.54 Å². The summed E-state index contributed by atoms with van der Waals surface area (Å²) >= 11 is 6.15. The summed E-state index contributed by atoms with van der Waals surface area (Å²) in [5.41, 5.74) is 2.13. The van der Waals surface area contributed by atoms with E-state index in [1.807, 2.05) is 37.3 Å². The standard InChI is InChI=1S/C17H22ClNO.ClH/c1-3-4-5-11-19-12-14-9-10-17(20-14)15-7-6-8-16(18)13(15)2;/h6-10,19H,3-5,11-12H2,1-2H3;1H. The monoisotopic (exact) mass is 327 g/mol. The van der Waals surface area contributed by atoms with Crippen LogP contribution in [-0.2, 0) is 6.54 Å². The first-order valence-corrected chi connectivity index (χ1v) is 7.65. The van der Waals surface area contributed by atoms with Gasteiger partial charge in [0.25, 0.3) is 0 Å². The molecule has 0 amide bonds. The Morgan fingerprint density at radius 2 is 1.95 bits per heavy atom. The molecule has 0 unspecified atom stereocenters. The highest BCUT2D eigenvalue weighted by Gasteiger charge is 2.09. The number of hydrogen-bond donors (Lipinski definition) is 1. The van der Waals surface area contributed by atoms with E-state index in [4.69, 9.17) is 16.0 Å². The van der Waals surface area contributed by atoms with Crippen LogP contribution in [-0.4, -0.2) is 6.54 Å². The van der Waals surface area contributed by atoms with Crippen molar-refractivity contribution in [3.05, 3.63) is 46.7 Å². The normalized spacial score (nSPS) is 10.4. The Bertz CT molecular complexity index is 551. The summed E-state index contributed by atoms with van der Waals surface area (Å²) in [4.78, 5) is 0. The second kappa shape index (κ2) is 9.14. The predicted molar refractivity (Wildman–Crippen MR) is 92.4 cm³/mol. The maximum absolute atomic E-state index is 6.15. The number of benzene rings is 1. The SMILES string of the molecule is CCCCCNCc1ccc(-c2cccc(Cl)c2C)o1.Cl. The molecule has 4 heteroatoms. The molecule has 21 heavy (non-hydrogen) atoms. The highest BCUT2D eigenvalue weighted by Crippen LogP contribution is 2.29. The van der Waals surface area contributed by atoms with Gasteiger partial charge in [-0.15, -0.1) is 12.4 Å². The van der Waals surface area contributed by atoms with Gasteiger partial charge in [0.2, 0.25) is 0 Å². The van der Waals surface area contributed by atoms with Crippen LogP contribution >= 0.6 is 24.0 Å². The van der Waals surface area contributed by atoms with Crippen LogP contribution in [0.15, 0.2) is 34.7 Å². The van der Waals surface area contributed by atoms with Gasteiger partial charge in [0.1, 0.15) is 11.5 Å². The molecule has 0 bridgehead atoms. The Morgan fingerprint density at radius 1 is 1.14 bits per heavy atom. The van der Waals surface area contributed by atoms with Gasteiger partial charge in [0, 0.05) is 10.6 Å². The molecule has 1 aromatic heterocycles. The Labute approximate surface area is 138 Å². The van der Waals surface area contributed by atoms with Crippen molar-refractivity contribution in [3.8, 4) is 11.3 Å². The van der Waals surface area contributed by atoms with E-state index in [0.29, 0.717) is 0 Å². The molecule has 0 spiro atoms. The minimum absolute atomic E-state index is 0. The highest BCUT2D eigenvalue weighted by atomic mass is 35.5. The van der Waals surface area contributed by atoms with Crippen LogP contribution in [0.1, 0.15) is 37.5 Å². The molecule has 0 aliphatic heterocycles. The summed E-state index contributed by atoms with van der Waals surface area (Å²) in [6.07, 6.45) is 3.75. The van der Waals surface area contributed by atoms with Crippen molar-refractivity contribution < 1.29 is 4.42 Å². The first kappa shape index (κ1) is 18.1. The van der Waals surface area contributed by atoms with Crippen molar-refractivity contribution in [2.45, 2.75) is 39.7 Å². The molecule has 116 valence electrons. The molecule has 1 aromatic carbocycles. The fraction of sp³-hybridized carbons (Fsp3) is 0.412. The fourth-order valence-corrected chi connectivity index (χ4v) is 2.38. The second-order valence-electron chi connectivity index (χ2n) is 5.06. The van der Waals surface area contributed by atoms with Crippen molar-refractivity contribution in [2.75, 3.05) is 6.54 Å². The number of hydrogen-bond acceptors (Lipinski definition) is 2.